The molecule has 2 aliphatic rings. The van der Waals surface area contributed by atoms with E-state index in [0.29, 0.717) is 70.5 Å². The van der Waals surface area contributed by atoms with Gasteiger partial charge in [0.05, 0.1) is 24.4 Å². The van der Waals surface area contributed by atoms with E-state index in [2.05, 4.69) is 31.2 Å². The van der Waals surface area contributed by atoms with E-state index in [0.717, 1.165) is 37.3 Å². The van der Waals surface area contributed by atoms with Crippen LogP contribution in [0.2, 0.25) is 0 Å². The molecule has 0 bridgehead atoms. The first kappa shape index (κ1) is 36.0. The van der Waals surface area contributed by atoms with Crippen molar-refractivity contribution in [2.24, 2.45) is 0 Å². The van der Waals surface area contributed by atoms with Gasteiger partial charge in [-0.05, 0) is 60.4 Å². The number of esters is 2. The molecule has 0 fully saturated rings. The lowest BCUT2D eigenvalue weighted by Gasteiger charge is -2.24. The number of rotatable bonds is 22. The maximum absolute atomic E-state index is 13.2. The molecule has 2 heterocycles. The van der Waals surface area contributed by atoms with Crippen LogP contribution in [-0.2, 0) is 29.1 Å². The molecular formula is C40H42N2O8. The Balaban J connectivity index is 1.40. The molecule has 0 unspecified atom stereocenters. The molecule has 0 spiro atoms. The van der Waals surface area contributed by atoms with Crippen molar-refractivity contribution in [2.75, 3.05) is 62.4 Å². The maximum atomic E-state index is 13.2. The van der Waals surface area contributed by atoms with Crippen molar-refractivity contribution >= 4 is 34.5 Å². The predicted octanol–water partition coefficient (Wildman–Crippen LogP) is 4.96. The number of hydrogen-bond donors (Lipinski definition) is 0. The summed E-state index contributed by atoms with van der Waals surface area (Å²) in [7, 11) is 0. The van der Waals surface area contributed by atoms with Gasteiger partial charge in [0.1, 0.15) is 24.7 Å². The summed E-state index contributed by atoms with van der Waals surface area (Å²) in [6, 6.07) is 18.8. The third-order valence-electron chi connectivity index (χ3n) is 8.11. The van der Waals surface area contributed by atoms with Crippen LogP contribution in [0.5, 0.6) is 11.5 Å². The van der Waals surface area contributed by atoms with Gasteiger partial charge in [0.25, 0.3) is 0 Å². The topological polar surface area (TPSA) is 96.0 Å². The number of ether oxygens (including phenoxy) is 2. The summed E-state index contributed by atoms with van der Waals surface area (Å²) in [6.07, 6.45) is 8.71. The van der Waals surface area contributed by atoms with Crippen LogP contribution in [-0.4, -0.2) is 64.5 Å². The van der Waals surface area contributed by atoms with Crippen LogP contribution in [0, 0.1) is 0 Å². The number of carbonyl (C=O) groups excluding carboxylic acids is 2. The van der Waals surface area contributed by atoms with Gasteiger partial charge in [0.15, 0.2) is 0 Å². The van der Waals surface area contributed by atoms with Crippen LogP contribution in [0.4, 0.5) is 11.4 Å². The molecule has 0 atom stereocenters. The molecule has 3 aromatic rings. The minimum absolute atomic E-state index is 0.282. The number of hydrogen-bond acceptors (Lipinski definition) is 10. The Bertz CT molecular complexity index is 1800. The summed E-state index contributed by atoms with van der Waals surface area (Å²) >= 11 is 0. The Morgan fingerprint density at radius 1 is 0.540 bits per heavy atom. The fraction of sp³-hybridized carbons (Fsp3) is 0.250. The highest BCUT2D eigenvalue weighted by Gasteiger charge is 2.30. The van der Waals surface area contributed by atoms with E-state index in [9.17, 15) is 9.59 Å². The lowest BCUT2D eigenvalue weighted by molar-refractivity contribution is -0.286. The molecule has 0 aliphatic carbocycles. The average molecular weight is 679 g/mol. The van der Waals surface area contributed by atoms with Crippen LogP contribution in [0.25, 0.3) is 11.1 Å². The van der Waals surface area contributed by atoms with Crippen molar-refractivity contribution in [1.29, 1.82) is 0 Å². The first-order chi connectivity index (χ1) is 24.5. The van der Waals surface area contributed by atoms with Gasteiger partial charge in [-0.15, -0.1) is 26.3 Å². The maximum Gasteiger partial charge on any atom is 0.344 e. The van der Waals surface area contributed by atoms with E-state index in [-0.39, 0.29) is 13.2 Å². The molecule has 0 amide bonds. The zero-order valence-corrected chi connectivity index (χ0v) is 28.1. The van der Waals surface area contributed by atoms with E-state index < -0.39 is 11.9 Å². The Hall–Kier alpha value is -5.26. The van der Waals surface area contributed by atoms with Crippen molar-refractivity contribution in [1.82, 2.24) is 0 Å². The second-order valence-corrected chi connectivity index (χ2v) is 11.4. The number of anilines is 2. The summed E-state index contributed by atoms with van der Waals surface area (Å²) in [5, 5.41) is 1.14. The summed E-state index contributed by atoms with van der Waals surface area (Å²) in [5.41, 5.74) is 4.10. The van der Waals surface area contributed by atoms with E-state index in [1.807, 2.05) is 65.6 Å². The summed E-state index contributed by atoms with van der Waals surface area (Å²) in [4.78, 5) is 51.3. The van der Waals surface area contributed by atoms with Gasteiger partial charge < -0.3 is 19.3 Å². The Labute approximate surface area is 292 Å². The molecule has 5 rings (SSSR count). The van der Waals surface area contributed by atoms with Crippen LogP contribution in [0.3, 0.4) is 0 Å². The molecule has 3 aromatic carbocycles. The summed E-state index contributed by atoms with van der Waals surface area (Å²) < 4.78 is 11.5. The summed E-state index contributed by atoms with van der Waals surface area (Å²) in [5.74, 6) is -0.190. The van der Waals surface area contributed by atoms with Crippen molar-refractivity contribution < 1.29 is 38.6 Å². The zero-order valence-electron chi connectivity index (χ0n) is 28.1. The van der Waals surface area contributed by atoms with Crippen molar-refractivity contribution in [2.45, 2.75) is 12.8 Å². The monoisotopic (exact) mass is 678 g/mol. The average Bonchev–Trinajstić information content (AvgIpc) is 3.63. The molecule has 2 aliphatic heterocycles. The Kier molecular flexibility index (Phi) is 12.9. The molecule has 50 heavy (non-hydrogen) atoms. The highest BCUT2D eigenvalue weighted by molar-refractivity contribution is 6.21. The molecule has 0 aromatic heterocycles. The summed E-state index contributed by atoms with van der Waals surface area (Å²) in [6.45, 7) is 18.7. The van der Waals surface area contributed by atoms with Gasteiger partial charge in [0, 0.05) is 48.0 Å². The van der Waals surface area contributed by atoms with E-state index in [1.54, 1.807) is 24.3 Å². The van der Waals surface area contributed by atoms with Crippen molar-refractivity contribution in [3.05, 3.63) is 133 Å². The van der Waals surface area contributed by atoms with Crippen LogP contribution in [0.15, 0.2) is 111 Å². The van der Waals surface area contributed by atoms with Gasteiger partial charge >= 0.3 is 11.9 Å². The first-order valence-electron chi connectivity index (χ1n) is 16.5. The number of benzene rings is 3. The third-order valence-corrected chi connectivity index (χ3v) is 8.11. The van der Waals surface area contributed by atoms with E-state index >= 15 is 0 Å². The minimum Gasteiger partial charge on any atom is -0.422 e. The Morgan fingerprint density at radius 3 is 1.32 bits per heavy atom. The molecule has 0 N–H and O–H groups in total. The van der Waals surface area contributed by atoms with Crippen LogP contribution >= 0.6 is 0 Å². The smallest absolute Gasteiger partial charge is 0.344 e. The SMILES string of the molecule is C=CCCN(CCC=C)c1ccc(C2=c3cc4c(cc3OC2=O)=C(c2ccc(N(CCOOCC=C)CCOOCC=C)cc2)C(=O)O4)cc1. The van der Waals surface area contributed by atoms with Crippen molar-refractivity contribution in [3.63, 3.8) is 0 Å². The number of nitrogens with zero attached hydrogens (tertiary/aromatic N) is 2. The number of carbonyl (C=O) groups is 2. The molecule has 260 valence electrons. The fourth-order valence-electron chi connectivity index (χ4n) is 5.71. The second-order valence-electron chi connectivity index (χ2n) is 11.4. The van der Waals surface area contributed by atoms with Gasteiger partial charge in [-0.2, -0.15) is 0 Å². The molecule has 0 saturated carbocycles. The highest BCUT2D eigenvalue weighted by Crippen LogP contribution is 2.29. The highest BCUT2D eigenvalue weighted by atomic mass is 17.2. The quantitative estimate of drug-likeness (QED) is 0.0363. The Morgan fingerprint density at radius 2 is 0.940 bits per heavy atom. The van der Waals surface area contributed by atoms with Crippen LogP contribution in [0.1, 0.15) is 24.0 Å². The normalized spacial score (nSPS) is 13.0. The lowest BCUT2D eigenvalue weighted by atomic mass is 10.0. The zero-order chi connectivity index (χ0) is 35.3. The van der Waals surface area contributed by atoms with E-state index in [4.69, 9.17) is 29.0 Å². The molecule has 10 nitrogen and oxygen atoms in total. The van der Waals surface area contributed by atoms with Crippen LogP contribution < -0.4 is 29.7 Å². The minimum atomic E-state index is -0.481. The van der Waals surface area contributed by atoms with Gasteiger partial charge in [-0.1, -0.05) is 48.6 Å². The fourth-order valence-corrected chi connectivity index (χ4v) is 5.71. The van der Waals surface area contributed by atoms with Gasteiger partial charge in [-0.25, -0.2) is 29.1 Å². The van der Waals surface area contributed by atoms with Gasteiger partial charge in [-0.3, -0.25) is 0 Å². The van der Waals surface area contributed by atoms with Crippen molar-refractivity contribution in [3.8, 4) is 11.5 Å². The molecule has 0 saturated heterocycles. The molecule has 10 heteroatoms. The third kappa shape index (κ3) is 8.66. The largest absolute Gasteiger partial charge is 0.422 e. The molecular weight excluding hydrogens is 636 g/mol. The number of fused-ring (bicyclic) bond motifs is 2. The standard InChI is InChI=1S/C40H42N2O8/c1-5-9-19-41(20-10-6-2)31-15-11-29(12-16-31)37-33-27-36-34(28-35(33)49-39(37)43)38(40(44)50-36)30-13-17-32(18-14-30)42(21-25-47-45-23-7-3)22-26-48-46-24-8-4/h5-8,11-18,27-28H,1-4,9-10,19-26H2. The predicted molar refractivity (Wildman–Crippen MR) is 193 cm³/mol. The first-order valence-corrected chi connectivity index (χ1v) is 16.5. The van der Waals surface area contributed by atoms with E-state index in [1.165, 1.54) is 0 Å². The van der Waals surface area contributed by atoms with Gasteiger partial charge in [0.2, 0.25) is 0 Å². The second kappa shape index (κ2) is 17.9. The lowest BCUT2D eigenvalue weighted by Crippen LogP contribution is -2.31. The molecule has 0 radical (unpaired) electrons.